The molecule has 0 atom stereocenters. The molecule has 2 aromatic rings. The summed E-state index contributed by atoms with van der Waals surface area (Å²) in [4.78, 5) is 0. The van der Waals surface area contributed by atoms with E-state index in [9.17, 15) is 0 Å². The van der Waals surface area contributed by atoms with Crippen LogP contribution in [0.25, 0.3) is 11.1 Å². The fourth-order valence-electron chi connectivity index (χ4n) is 2.83. The van der Waals surface area contributed by atoms with Gasteiger partial charge in [0.2, 0.25) is 0 Å². The smallest absolute Gasteiger partial charge is 0.119 e. The van der Waals surface area contributed by atoms with Gasteiger partial charge in [-0.05, 0) is 60.2 Å². The first-order valence-electron chi connectivity index (χ1n) is 6.80. The van der Waals surface area contributed by atoms with Crippen molar-refractivity contribution in [3.8, 4) is 16.9 Å². The molecule has 3 rings (SSSR count). The van der Waals surface area contributed by atoms with E-state index in [0.29, 0.717) is 0 Å². The van der Waals surface area contributed by atoms with Crippen molar-refractivity contribution in [2.45, 2.75) is 19.8 Å². The van der Waals surface area contributed by atoms with Gasteiger partial charge >= 0.3 is 0 Å². The number of hydrogen-bond acceptors (Lipinski definition) is 2. The normalized spacial score (nSPS) is 13.6. The highest BCUT2D eigenvalue weighted by atomic mass is 16.5. The first-order chi connectivity index (χ1) is 9.29. The summed E-state index contributed by atoms with van der Waals surface area (Å²) in [5.74, 6) is 0.921. The Balaban J connectivity index is 2.12. The van der Waals surface area contributed by atoms with E-state index in [-0.39, 0.29) is 0 Å². The van der Waals surface area contributed by atoms with Gasteiger partial charge in [0, 0.05) is 12.2 Å². The van der Waals surface area contributed by atoms with Crippen LogP contribution >= 0.6 is 0 Å². The van der Waals surface area contributed by atoms with E-state index in [1.165, 1.54) is 34.4 Å². The highest BCUT2D eigenvalue weighted by Crippen LogP contribution is 2.35. The fourth-order valence-corrected chi connectivity index (χ4v) is 2.83. The lowest BCUT2D eigenvalue weighted by atomic mass is 9.91. The van der Waals surface area contributed by atoms with Crippen LogP contribution in [-0.2, 0) is 6.42 Å². The maximum atomic E-state index is 5.29. The van der Waals surface area contributed by atoms with Crippen LogP contribution in [0, 0.1) is 6.92 Å². The van der Waals surface area contributed by atoms with Crippen LogP contribution in [0.4, 0.5) is 5.69 Å². The maximum Gasteiger partial charge on any atom is 0.119 e. The van der Waals surface area contributed by atoms with Crippen LogP contribution in [0.5, 0.6) is 5.75 Å². The third kappa shape index (κ3) is 2.19. The summed E-state index contributed by atoms with van der Waals surface area (Å²) in [5.41, 5.74) is 6.66. The Morgan fingerprint density at radius 3 is 2.79 bits per heavy atom. The Morgan fingerprint density at radius 2 is 2.00 bits per heavy atom. The zero-order chi connectivity index (χ0) is 13.2. The fraction of sp³-hybridized carbons (Fsp3) is 0.294. The number of methoxy groups -OCH3 is 1. The van der Waals surface area contributed by atoms with Gasteiger partial charge < -0.3 is 10.1 Å². The van der Waals surface area contributed by atoms with Gasteiger partial charge in [-0.2, -0.15) is 0 Å². The van der Waals surface area contributed by atoms with Crippen LogP contribution in [0.1, 0.15) is 17.5 Å². The number of anilines is 1. The number of fused-ring (bicyclic) bond motifs is 1. The molecule has 0 fully saturated rings. The van der Waals surface area contributed by atoms with Crippen LogP contribution in [0.3, 0.4) is 0 Å². The molecule has 0 unspecified atom stereocenters. The third-order valence-electron chi connectivity index (χ3n) is 3.82. The molecule has 0 aliphatic carbocycles. The molecule has 0 radical (unpaired) electrons. The zero-order valence-electron chi connectivity index (χ0n) is 11.5. The minimum Gasteiger partial charge on any atom is -0.497 e. The van der Waals surface area contributed by atoms with Gasteiger partial charge in [0.15, 0.2) is 0 Å². The lowest BCUT2D eigenvalue weighted by Crippen LogP contribution is -2.12. The Hall–Kier alpha value is -1.96. The molecule has 0 amide bonds. The SMILES string of the molecule is COc1ccc(-c2cccc3c2CCCN3)c(C)c1. The van der Waals surface area contributed by atoms with Gasteiger partial charge in [-0.3, -0.25) is 0 Å². The van der Waals surface area contributed by atoms with Gasteiger partial charge in [0.1, 0.15) is 5.75 Å². The second-order valence-electron chi connectivity index (χ2n) is 5.04. The summed E-state index contributed by atoms with van der Waals surface area (Å²) in [6.07, 6.45) is 2.36. The first-order valence-corrected chi connectivity index (χ1v) is 6.80. The molecule has 19 heavy (non-hydrogen) atoms. The highest BCUT2D eigenvalue weighted by molar-refractivity contribution is 5.77. The molecule has 0 aromatic heterocycles. The van der Waals surface area contributed by atoms with Gasteiger partial charge in [-0.1, -0.05) is 18.2 Å². The van der Waals surface area contributed by atoms with Crippen molar-refractivity contribution in [1.82, 2.24) is 0 Å². The molecular weight excluding hydrogens is 234 g/mol. The summed E-state index contributed by atoms with van der Waals surface area (Å²) in [6, 6.07) is 12.8. The minimum absolute atomic E-state index is 0.921. The van der Waals surface area contributed by atoms with E-state index >= 15 is 0 Å². The Kier molecular flexibility index (Phi) is 3.16. The molecule has 0 spiro atoms. The van der Waals surface area contributed by atoms with Gasteiger partial charge in [-0.25, -0.2) is 0 Å². The molecule has 0 saturated carbocycles. The van der Waals surface area contributed by atoms with Gasteiger partial charge in [0.25, 0.3) is 0 Å². The molecule has 0 saturated heterocycles. The number of ether oxygens (including phenoxy) is 1. The van der Waals surface area contributed by atoms with Crippen molar-refractivity contribution in [3.63, 3.8) is 0 Å². The Bertz CT molecular complexity index is 604. The second kappa shape index (κ2) is 4.96. The quantitative estimate of drug-likeness (QED) is 0.872. The monoisotopic (exact) mass is 253 g/mol. The molecule has 2 aromatic carbocycles. The number of nitrogens with one attached hydrogen (secondary N) is 1. The molecule has 1 N–H and O–H groups in total. The topological polar surface area (TPSA) is 21.3 Å². The van der Waals surface area contributed by atoms with Gasteiger partial charge in [-0.15, -0.1) is 0 Å². The highest BCUT2D eigenvalue weighted by Gasteiger charge is 2.14. The number of hydrogen-bond donors (Lipinski definition) is 1. The van der Waals surface area contributed by atoms with Crippen molar-refractivity contribution in [3.05, 3.63) is 47.5 Å². The van der Waals surface area contributed by atoms with Crippen LogP contribution in [0.2, 0.25) is 0 Å². The predicted octanol–water partition coefficient (Wildman–Crippen LogP) is 4.03. The molecule has 98 valence electrons. The molecule has 2 nitrogen and oxygen atoms in total. The average Bonchev–Trinajstić information content (AvgIpc) is 2.46. The summed E-state index contributed by atoms with van der Waals surface area (Å²) in [7, 11) is 1.71. The molecule has 1 aliphatic rings. The molecular formula is C17H19NO. The van der Waals surface area contributed by atoms with Crippen molar-refractivity contribution in [2.24, 2.45) is 0 Å². The summed E-state index contributed by atoms with van der Waals surface area (Å²) >= 11 is 0. The van der Waals surface area contributed by atoms with Crippen molar-refractivity contribution >= 4 is 5.69 Å². The van der Waals surface area contributed by atoms with E-state index in [1.54, 1.807) is 7.11 Å². The molecule has 2 heteroatoms. The Labute approximate surface area is 114 Å². The van der Waals surface area contributed by atoms with Crippen molar-refractivity contribution in [2.75, 3.05) is 19.0 Å². The lowest BCUT2D eigenvalue weighted by molar-refractivity contribution is 0.414. The first kappa shape index (κ1) is 12.1. The Morgan fingerprint density at radius 1 is 1.11 bits per heavy atom. The predicted molar refractivity (Wildman–Crippen MR) is 80.0 cm³/mol. The standard InChI is InChI=1S/C17H19NO/c1-12-11-13(19-2)8-9-14(12)15-5-3-7-17-16(15)6-4-10-18-17/h3,5,7-9,11,18H,4,6,10H2,1-2H3. The van der Waals surface area contributed by atoms with Gasteiger partial charge in [0.05, 0.1) is 7.11 Å². The largest absolute Gasteiger partial charge is 0.497 e. The lowest BCUT2D eigenvalue weighted by Gasteiger charge is -2.22. The second-order valence-corrected chi connectivity index (χ2v) is 5.04. The molecule has 1 heterocycles. The number of benzene rings is 2. The molecule has 0 bridgehead atoms. The number of rotatable bonds is 2. The summed E-state index contributed by atoms with van der Waals surface area (Å²) in [5, 5.41) is 3.49. The number of aryl methyl sites for hydroxylation is 1. The van der Waals surface area contributed by atoms with E-state index in [0.717, 1.165) is 18.7 Å². The van der Waals surface area contributed by atoms with Crippen LogP contribution < -0.4 is 10.1 Å². The summed E-state index contributed by atoms with van der Waals surface area (Å²) in [6.45, 7) is 3.23. The minimum atomic E-state index is 0.921. The van der Waals surface area contributed by atoms with E-state index < -0.39 is 0 Å². The zero-order valence-corrected chi connectivity index (χ0v) is 11.5. The van der Waals surface area contributed by atoms with E-state index in [1.807, 2.05) is 6.07 Å². The third-order valence-corrected chi connectivity index (χ3v) is 3.82. The van der Waals surface area contributed by atoms with Crippen LogP contribution in [-0.4, -0.2) is 13.7 Å². The van der Waals surface area contributed by atoms with Crippen molar-refractivity contribution < 1.29 is 4.74 Å². The summed E-state index contributed by atoms with van der Waals surface area (Å²) < 4.78 is 5.29. The molecule has 1 aliphatic heterocycles. The van der Waals surface area contributed by atoms with E-state index in [2.05, 4.69) is 42.6 Å². The van der Waals surface area contributed by atoms with Crippen LogP contribution in [0.15, 0.2) is 36.4 Å². The maximum absolute atomic E-state index is 5.29. The van der Waals surface area contributed by atoms with E-state index in [4.69, 9.17) is 4.74 Å². The average molecular weight is 253 g/mol. The van der Waals surface area contributed by atoms with Crippen molar-refractivity contribution in [1.29, 1.82) is 0 Å².